The minimum absolute atomic E-state index is 0.232. The number of hydrogen-bond acceptors (Lipinski definition) is 4. The van der Waals surface area contributed by atoms with Gasteiger partial charge in [0, 0.05) is 11.8 Å². The summed E-state index contributed by atoms with van der Waals surface area (Å²) >= 11 is 0. The predicted octanol–water partition coefficient (Wildman–Crippen LogP) is 3.17. The van der Waals surface area contributed by atoms with Crippen molar-refractivity contribution in [3.63, 3.8) is 0 Å². The zero-order chi connectivity index (χ0) is 15.3. The summed E-state index contributed by atoms with van der Waals surface area (Å²) in [6.45, 7) is 5.69. The lowest BCUT2D eigenvalue weighted by molar-refractivity contribution is 0.0522. The summed E-state index contributed by atoms with van der Waals surface area (Å²) in [6.07, 6.45) is 1.21. The first kappa shape index (κ1) is 15.0. The van der Waals surface area contributed by atoms with Gasteiger partial charge in [0.25, 0.3) is 0 Å². The van der Waals surface area contributed by atoms with Crippen molar-refractivity contribution in [2.24, 2.45) is 0 Å². The Bertz CT molecular complexity index is 606. The van der Waals surface area contributed by atoms with Gasteiger partial charge in [0.15, 0.2) is 0 Å². The zero-order valence-corrected chi connectivity index (χ0v) is 12.5. The SMILES string of the molecule is CC(C)(C)OC(=O)NCc1nccc(-c2ccccc2)n1. The minimum atomic E-state index is -0.517. The van der Waals surface area contributed by atoms with E-state index in [4.69, 9.17) is 4.74 Å². The van der Waals surface area contributed by atoms with Crippen LogP contribution < -0.4 is 5.32 Å². The molecule has 0 atom stereocenters. The number of ether oxygens (including phenoxy) is 1. The Hall–Kier alpha value is -2.43. The number of benzene rings is 1. The maximum atomic E-state index is 11.6. The summed E-state index contributed by atoms with van der Waals surface area (Å²) in [4.78, 5) is 20.2. The lowest BCUT2D eigenvalue weighted by Gasteiger charge is -2.19. The molecular weight excluding hydrogens is 266 g/mol. The van der Waals surface area contributed by atoms with Crippen LogP contribution in [0.5, 0.6) is 0 Å². The molecule has 2 rings (SSSR count). The lowest BCUT2D eigenvalue weighted by atomic mass is 10.1. The molecule has 0 fully saturated rings. The molecule has 110 valence electrons. The average Bonchev–Trinajstić information content (AvgIpc) is 2.45. The van der Waals surface area contributed by atoms with Gasteiger partial charge in [-0.3, -0.25) is 0 Å². The van der Waals surface area contributed by atoms with Crippen LogP contribution in [0.15, 0.2) is 42.6 Å². The van der Waals surface area contributed by atoms with Gasteiger partial charge in [-0.05, 0) is 26.8 Å². The molecule has 0 aliphatic rings. The van der Waals surface area contributed by atoms with E-state index in [1.807, 2.05) is 57.2 Å². The Morgan fingerprint density at radius 1 is 1.19 bits per heavy atom. The van der Waals surface area contributed by atoms with Gasteiger partial charge in [0.2, 0.25) is 0 Å². The second-order valence-electron chi connectivity index (χ2n) is 5.58. The van der Waals surface area contributed by atoms with E-state index < -0.39 is 11.7 Å². The van der Waals surface area contributed by atoms with Crippen LogP contribution >= 0.6 is 0 Å². The van der Waals surface area contributed by atoms with Crippen LogP contribution in [0.25, 0.3) is 11.3 Å². The van der Waals surface area contributed by atoms with E-state index in [9.17, 15) is 4.79 Å². The highest BCUT2D eigenvalue weighted by molar-refractivity contribution is 5.67. The molecule has 2 aromatic rings. The van der Waals surface area contributed by atoms with Crippen molar-refractivity contribution < 1.29 is 9.53 Å². The molecule has 0 aliphatic carbocycles. The first-order valence-electron chi connectivity index (χ1n) is 6.78. The fraction of sp³-hybridized carbons (Fsp3) is 0.312. The molecule has 0 radical (unpaired) electrons. The van der Waals surface area contributed by atoms with Gasteiger partial charge in [-0.2, -0.15) is 0 Å². The van der Waals surface area contributed by atoms with E-state index in [2.05, 4.69) is 15.3 Å². The number of rotatable bonds is 3. The third kappa shape index (κ3) is 4.87. The highest BCUT2D eigenvalue weighted by Crippen LogP contribution is 2.15. The van der Waals surface area contributed by atoms with Gasteiger partial charge in [0.05, 0.1) is 12.2 Å². The third-order valence-corrected chi connectivity index (χ3v) is 2.56. The number of amides is 1. The maximum absolute atomic E-state index is 11.6. The van der Waals surface area contributed by atoms with E-state index in [1.165, 1.54) is 0 Å². The van der Waals surface area contributed by atoms with Gasteiger partial charge in [-0.1, -0.05) is 30.3 Å². The molecule has 5 heteroatoms. The van der Waals surface area contributed by atoms with Crippen molar-refractivity contribution in [3.8, 4) is 11.3 Å². The molecule has 1 amide bonds. The molecule has 0 saturated heterocycles. The molecule has 0 spiro atoms. The number of hydrogen-bond donors (Lipinski definition) is 1. The van der Waals surface area contributed by atoms with Crippen molar-refractivity contribution in [1.82, 2.24) is 15.3 Å². The quantitative estimate of drug-likeness (QED) is 0.940. The van der Waals surface area contributed by atoms with Crippen LogP contribution in [0.4, 0.5) is 4.79 Å². The summed E-state index contributed by atoms with van der Waals surface area (Å²) in [5.74, 6) is 0.544. The maximum Gasteiger partial charge on any atom is 0.408 e. The zero-order valence-electron chi connectivity index (χ0n) is 12.5. The molecule has 1 aromatic carbocycles. The molecule has 0 bridgehead atoms. The monoisotopic (exact) mass is 285 g/mol. The fourth-order valence-electron chi connectivity index (χ4n) is 1.72. The second-order valence-corrected chi connectivity index (χ2v) is 5.58. The molecule has 0 aliphatic heterocycles. The largest absolute Gasteiger partial charge is 0.444 e. The van der Waals surface area contributed by atoms with Crippen LogP contribution in [-0.2, 0) is 11.3 Å². The first-order valence-corrected chi connectivity index (χ1v) is 6.78. The number of alkyl carbamates (subject to hydrolysis) is 1. The summed E-state index contributed by atoms with van der Waals surface area (Å²) in [5.41, 5.74) is 1.32. The van der Waals surface area contributed by atoms with E-state index in [0.29, 0.717) is 5.82 Å². The third-order valence-electron chi connectivity index (χ3n) is 2.56. The topological polar surface area (TPSA) is 64.1 Å². The van der Waals surface area contributed by atoms with Gasteiger partial charge >= 0.3 is 6.09 Å². The number of aromatic nitrogens is 2. The van der Waals surface area contributed by atoms with Crippen molar-refractivity contribution in [3.05, 3.63) is 48.4 Å². The van der Waals surface area contributed by atoms with Crippen molar-refractivity contribution in [2.45, 2.75) is 32.9 Å². The van der Waals surface area contributed by atoms with Crippen LogP contribution in [0.1, 0.15) is 26.6 Å². The molecule has 1 N–H and O–H groups in total. The standard InChI is InChI=1S/C16H19N3O2/c1-16(2,3)21-15(20)18-11-14-17-10-9-13(19-14)12-7-5-4-6-8-12/h4-10H,11H2,1-3H3,(H,18,20). The average molecular weight is 285 g/mol. The Labute approximate surface area is 124 Å². The van der Waals surface area contributed by atoms with E-state index in [0.717, 1.165) is 11.3 Å². The number of nitrogens with one attached hydrogen (secondary N) is 1. The van der Waals surface area contributed by atoms with E-state index >= 15 is 0 Å². The molecule has 5 nitrogen and oxygen atoms in total. The second kappa shape index (κ2) is 6.35. The van der Waals surface area contributed by atoms with E-state index in [-0.39, 0.29) is 6.54 Å². The van der Waals surface area contributed by atoms with Gasteiger partial charge in [-0.25, -0.2) is 14.8 Å². The smallest absolute Gasteiger partial charge is 0.408 e. The Balaban J connectivity index is 2.01. The molecule has 21 heavy (non-hydrogen) atoms. The molecule has 1 heterocycles. The van der Waals surface area contributed by atoms with Crippen LogP contribution in [0.2, 0.25) is 0 Å². The highest BCUT2D eigenvalue weighted by atomic mass is 16.6. The summed E-state index contributed by atoms with van der Waals surface area (Å²) in [5, 5.41) is 2.65. The lowest BCUT2D eigenvalue weighted by Crippen LogP contribution is -2.32. The van der Waals surface area contributed by atoms with Crippen molar-refractivity contribution in [1.29, 1.82) is 0 Å². The summed E-state index contributed by atoms with van der Waals surface area (Å²) in [7, 11) is 0. The first-order chi connectivity index (χ1) is 9.94. The van der Waals surface area contributed by atoms with Gasteiger partial charge in [-0.15, -0.1) is 0 Å². The summed E-state index contributed by atoms with van der Waals surface area (Å²) < 4.78 is 5.17. The molecule has 1 aromatic heterocycles. The predicted molar refractivity (Wildman–Crippen MR) is 80.5 cm³/mol. The van der Waals surface area contributed by atoms with Gasteiger partial charge in [0.1, 0.15) is 11.4 Å². The van der Waals surface area contributed by atoms with Crippen molar-refractivity contribution >= 4 is 6.09 Å². The van der Waals surface area contributed by atoms with Crippen molar-refractivity contribution in [2.75, 3.05) is 0 Å². The Kier molecular flexibility index (Phi) is 4.52. The Morgan fingerprint density at radius 3 is 2.57 bits per heavy atom. The molecular formula is C16H19N3O2. The van der Waals surface area contributed by atoms with Crippen LogP contribution in [0.3, 0.4) is 0 Å². The number of nitrogens with zero attached hydrogens (tertiary/aromatic N) is 2. The minimum Gasteiger partial charge on any atom is -0.444 e. The highest BCUT2D eigenvalue weighted by Gasteiger charge is 2.16. The normalized spacial score (nSPS) is 11.0. The van der Waals surface area contributed by atoms with Crippen LogP contribution in [0, 0.1) is 0 Å². The number of carbonyl (C=O) groups is 1. The molecule has 0 unspecified atom stereocenters. The summed E-state index contributed by atoms with van der Waals surface area (Å²) in [6, 6.07) is 11.7. The molecule has 0 saturated carbocycles. The van der Waals surface area contributed by atoms with Crippen LogP contribution in [-0.4, -0.2) is 21.7 Å². The van der Waals surface area contributed by atoms with E-state index in [1.54, 1.807) is 6.20 Å². The fourth-order valence-corrected chi connectivity index (χ4v) is 1.72. The number of carbonyl (C=O) groups excluding carboxylic acids is 1. The Morgan fingerprint density at radius 2 is 1.90 bits per heavy atom. The van der Waals surface area contributed by atoms with Gasteiger partial charge < -0.3 is 10.1 Å².